The summed E-state index contributed by atoms with van der Waals surface area (Å²) in [6, 6.07) is 0. The lowest BCUT2D eigenvalue weighted by Crippen LogP contribution is -2.43. The Morgan fingerprint density at radius 2 is 1.94 bits per heavy atom. The molecule has 0 amide bonds. The van der Waals surface area contributed by atoms with Gasteiger partial charge in [0.1, 0.15) is 0 Å². The van der Waals surface area contributed by atoms with Gasteiger partial charge in [0.05, 0.1) is 6.61 Å². The van der Waals surface area contributed by atoms with Gasteiger partial charge in [0.2, 0.25) is 5.96 Å². The summed E-state index contributed by atoms with van der Waals surface area (Å²) in [5.74, 6) is -1.32. The minimum absolute atomic E-state index is 0.230. The smallest absolute Gasteiger partial charge is 0.370 e. The molecule has 1 unspecified atom stereocenters. The first-order valence-corrected chi connectivity index (χ1v) is 7.22. The first kappa shape index (κ1) is 17.0. The molecule has 0 aliphatic rings. The van der Waals surface area contributed by atoms with Crippen LogP contribution in [-0.2, 0) is 22.6 Å². The second kappa shape index (κ2) is 6.81. The molecule has 0 rings (SSSR count). The van der Waals surface area contributed by atoms with Gasteiger partial charge in [-0.25, -0.2) is 14.6 Å². The summed E-state index contributed by atoms with van der Waals surface area (Å²) < 4.78 is 34.6. The summed E-state index contributed by atoms with van der Waals surface area (Å²) in [6.45, 7) is 1.14. The van der Waals surface area contributed by atoms with Crippen LogP contribution >= 0.6 is 15.6 Å². The van der Waals surface area contributed by atoms with E-state index in [1.54, 1.807) is 5.48 Å². The van der Waals surface area contributed by atoms with Crippen LogP contribution in [0.5, 0.6) is 0 Å². The molecule has 0 aromatic heterocycles. The normalized spacial score (nSPS) is 14.6. The Bertz CT molecular complexity index is 407. The Morgan fingerprint density at radius 3 is 2.33 bits per heavy atom. The largest absolute Gasteiger partial charge is 0.505 e. The van der Waals surface area contributed by atoms with Crippen LogP contribution in [0.25, 0.3) is 0 Å². The number of guanidine groups is 2. The Balaban J connectivity index is 4.53. The van der Waals surface area contributed by atoms with Crippen molar-refractivity contribution in [3.63, 3.8) is 0 Å². The van der Waals surface area contributed by atoms with Crippen LogP contribution in [0.1, 0.15) is 6.92 Å². The molecule has 0 aromatic carbocycles. The lowest BCUT2D eigenvalue weighted by Gasteiger charge is -2.17. The molecule has 0 spiro atoms. The Labute approximate surface area is 102 Å². The highest BCUT2D eigenvalue weighted by Gasteiger charge is 2.36. The average molecular weight is 305 g/mol. The summed E-state index contributed by atoms with van der Waals surface area (Å²) in [6.07, 6.45) is 0. The zero-order valence-corrected chi connectivity index (χ0v) is 10.9. The van der Waals surface area contributed by atoms with Gasteiger partial charge in [-0.05, 0) is 6.92 Å². The Morgan fingerprint density at radius 1 is 1.39 bits per heavy atom. The quantitative estimate of drug-likeness (QED) is 0.141. The minimum Gasteiger partial charge on any atom is -0.370 e. The van der Waals surface area contributed by atoms with Gasteiger partial charge in [-0.2, -0.15) is 8.94 Å². The van der Waals surface area contributed by atoms with Crippen LogP contribution in [0.3, 0.4) is 0 Å². The van der Waals surface area contributed by atoms with E-state index in [2.05, 4.69) is 13.5 Å². The molecule has 0 heterocycles. The highest BCUT2D eigenvalue weighted by molar-refractivity contribution is 7.61. The molecule has 0 fully saturated rings. The van der Waals surface area contributed by atoms with Crippen LogP contribution in [0.15, 0.2) is 0 Å². The molecule has 0 bridgehead atoms. The van der Waals surface area contributed by atoms with Crippen LogP contribution in [0, 0.1) is 10.8 Å². The summed E-state index contributed by atoms with van der Waals surface area (Å²) in [7, 11) is -9.72. The fraction of sp³-hybridized carbons (Fsp3) is 0.500. The highest BCUT2D eigenvalue weighted by atomic mass is 31.3. The summed E-state index contributed by atoms with van der Waals surface area (Å²) in [5, 5.41) is 15.7. The number of hydrogen-bond acceptors (Lipinski definition) is 7. The van der Waals surface area contributed by atoms with Gasteiger partial charge in [0.25, 0.3) is 0 Å². The first-order valence-electron chi connectivity index (χ1n) is 4.23. The Kier molecular flexibility index (Phi) is 6.43. The van der Waals surface area contributed by atoms with E-state index in [-0.39, 0.29) is 6.61 Å². The number of nitrogens with two attached hydrogens (primary N) is 1. The predicted molar refractivity (Wildman–Crippen MR) is 59.4 cm³/mol. The molecule has 0 saturated carbocycles. The third-order valence-corrected chi connectivity index (χ3v) is 3.55. The van der Waals surface area contributed by atoms with Crippen LogP contribution < -0.4 is 16.5 Å². The third kappa shape index (κ3) is 8.14. The van der Waals surface area contributed by atoms with Crippen molar-refractivity contribution in [2.24, 2.45) is 5.73 Å². The van der Waals surface area contributed by atoms with Crippen molar-refractivity contribution < 1.29 is 32.4 Å². The molecule has 8 N–H and O–H groups in total. The first-order chi connectivity index (χ1) is 8.08. The standard InChI is InChI=1S/C4H13N5O7P2/c1-2-14-18(13,16-17(10,11)12)15-9-4(7)8-3(5)6/h2H2,1H3,(H2,10,11,12)(H6,5,6,7,8,9). The summed E-state index contributed by atoms with van der Waals surface area (Å²) in [5.41, 5.74) is 6.53. The number of nitrogens with one attached hydrogen (secondary N) is 4. The predicted octanol–water partition coefficient (Wildman–Crippen LogP) is -0.821. The third-order valence-electron chi connectivity index (χ3n) is 1.01. The topological polar surface area (TPSA) is 200 Å². The molecule has 0 aliphatic heterocycles. The van der Waals surface area contributed by atoms with Gasteiger partial charge >= 0.3 is 15.6 Å². The second-order valence-corrected chi connectivity index (χ2v) is 5.51. The van der Waals surface area contributed by atoms with E-state index >= 15 is 0 Å². The van der Waals surface area contributed by atoms with Gasteiger partial charge in [-0.15, -0.1) is 0 Å². The SMILES string of the molecule is CCOP(=O)(ONC(=N)NC(=N)N)OP(=O)(O)O. The molecule has 18 heavy (non-hydrogen) atoms. The van der Waals surface area contributed by atoms with Gasteiger partial charge in [0.15, 0.2) is 5.96 Å². The molecule has 106 valence electrons. The van der Waals surface area contributed by atoms with Crippen molar-refractivity contribution in [2.45, 2.75) is 6.92 Å². The number of rotatable bonds is 6. The number of hydrogen-bond donors (Lipinski definition) is 7. The molecule has 12 nitrogen and oxygen atoms in total. The van der Waals surface area contributed by atoms with E-state index < -0.39 is 27.6 Å². The maximum absolute atomic E-state index is 11.6. The van der Waals surface area contributed by atoms with Crippen molar-refractivity contribution >= 4 is 27.6 Å². The summed E-state index contributed by atoms with van der Waals surface area (Å²) in [4.78, 5) is 17.0. The fourth-order valence-electron chi connectivity index (χ4n) is 0.617. The second-order valence-electron chi connectivity index (χ2n) is 2.54. The Hall–Kier alpha value is -1.00. The zero-order chi connectivity index (χ0) is 14.4. The van der Waals surface area contributed by atoms with Crippen LogP contribution in [0.2, 0.25) is 0 Å². The highest BCUT2D eigenvalue weighted by Crippen LogP contribution is 2.60. The van der Waals surface area contributed by atoms with E-state index in [0.717, 1.165) is 0 Å². The van der Waals surface area contributed by atoms with Crippen molar-refractivity contribution in [3.8, 4) is 0 Å². The van der Waals surface area contributed by atoms with E-state index in [4.69, 9.17) is 26.3 Å². The number of phosphoric acid groups is 2. The van der Waals surface area contributed by atoms with Gasteiger partial charge in [-0.1, -0.05) is 0 Å². The van der Waals surface area contributed by atoms with Crippen molar-refractivity contribution in [3.05, 3.63) is 0 Å². The molecule has 0 aromatic rings. The van der Waals surface area contributed by atoms with Crippen LogP contribution in [0.4, 0.5) is 0 Å². The van der Waals surface area contributed by atoms with Crippen molar-refractivity contribution in [1.29, 1.82) is 10.8 Å². The number of hydroxylamine groups is 1. The molecule has 0 radical (unpaired) electrons. The maximum Gasteiger partial charge on any atom is 0.505 e. The lowest BCUT2D eigenvalue weighted by atomic mass is 10.9. The van der Waals surface area contributed by atoms with Crippen molar-refractivity contribution in [2.75, 3.05) is 6.61 Å². The monoisotopic (exact) mass is 305 g/mol. The maximum atomic E-state index is 11.6. The van der Waals surface area contributed by atoms with E-state index in [1.165, 1.54) is 6.92 Å². The molecule has 0 saturated heterocycles. The van der Waals surface area contributed by atoms with E-state index in [0.29, 0.717) is 0 Å². The fourth-order valence-corrected chi connectivity index (χ4v) is 2.55. The van der Waals surface area contributed by atoms with E-state index in [9.17, 15) is 9.13 Å². The molecular weight excluding hydrogens is 292 g/mol. The van der Waals surface area contributed by atoms with Gasteiger partial charge in [0, 0.05) is 0 Å². The lowest BCUT2D eigenvalue weighted by molar-refractivity contribution is 0.121. The van der Waals surface area contributed by atoms with Gasteiger partial charge in [-0.3, -0.25) is 20.7 Å². The summed E-state index contributed by atoms with van der Waals surface area (Å²) >= 11 is 0. The van der Waals surface area contributed by atoms with Crippen LogP contribution in [-0.4, -0.2) is 28.3 Å². The minimum atomic E-state index is -5.12. The zero-order valence-electron chi connectivity index (χ0n) is 9.11. The molecule has 1 atom stereocenters. The molecule has 0 aliphatic carbocycles. The van der Waals surface area contributed by atoms with E-state index in [1.807, 2.05) is 5.32 Å². The molecular formula is C4H13N5O7P2. The van der Waals surface area contributed by atoms with Gasteiger partial charge < -0.3 is 15.5 Å². The average Bonchev–Trinajstić information content (AvgIpc) is 2.11. The van der Waals surface area contributed by atoms with Crippen molar-refractivity contribution in [1.82, 2.24) is 10.8 Å². The molecule has 14 heteroatoms.